The molecular weight excluding hydrogens is 256 g/mol. The number of aliphatic carboxylic acids is 1. The van der Waals surface area contributed by atoms with Crippen LogP contribution in [0.15, 0.2) is 30.3 Å². The Hall–Kier alpha value is -2.04. The molecule has 2 amide bonds. The van der Waals surface area contributed by atoms with E-state index in [0.717, 1.165) is 6.42 Å². The highest BCUT2D eigenvalue weighted by Crippen LogP contribution is 2.14. The number of urea groups is 1. The monoisotopic (exact) mass is 278 g/mol. The van der Waals surface area contributed by atoms with E-state index in [9.17, 15) is 14.7 Å². The lowest BCUT2D eigenvalue weighted by molar-refractivity contribution is -0.138. The van der Waals surface area contributed by atoms with Crippen molar-refractivity contribution < 1.29 is 14.7 Å². The Balaban J connectivity index is 2.61. The first-order valence-corrected chi connectivity index (χ1v) is 6.69. The molecule has 1 unspecified atom stereocenters. The van der Waals surface area contributed by atoms with E-state index in [2.05, 4.69) is 10.6 Å². The zero-order valence-electron chi connectivity index (χ0n) is 12.1. The molecule has 1 atom stereocenters. The number of hydrogen-bond acceptors (Lipinski definition) is 2. The van der Waals surface area contributed by atoms with Crippen molar-refractivity contribution in [1.82, 2.24) is 10.6 Å². The smallest absolute Gasteiger partial charge is 0.315 e. The molecule has 0 bridgehead atoms. The molecule has 0 heterocycles. The minimum Gasteiger partial charge on any atom is -0.481 e. The molecule has 20 heavy (non-hydrogen) atoms. The normalized spacial score (nSPS) is 12.6. The maximum Gasteiger partial charge on any atom is 0.315 e. The molecule has 0 saturated heterocycles. The summed E-state index contributed by atoms with van der Waals surface area (Å²) < 4.78 is 0. The van der Waals surface area contributed by atoms with Gasteiger partial charge in [0.05, 0.1) is 5.92 Å². The maximum absolute atomic E-state index is 11.8. The van der Waals surface area contributed by atoms with Gasteiger partial charge in [0.1, 0.15) is 0 Å². The molecule has 5 nitrogen and oxygen atoms in total. The largest absolute Gasteiger partial charge is 0.481 e. The van der Waals surface area contributed by atoms with Crippen molar-refractivity contribution in [3.05, 3.63) is 35.9 Å². The number of amides is 2. The summed E-state index contributed by atoms with van der Waals surface area (Å²) in [6, 6.07) is 8.53. The minimum atomic E-state index is -0.953. The number of carboxylic acid groups (broad SMARTS) is 1. The molecule has 0 fully saturated rings. The van der Waals surface area contributed by atoms with E-state index in [-0.39, 0.29) is 18.1 Å². The van der Waals surface area contributed by atoms with Crippen LogP contribution in [0.5, 0.6) is 0 Å². The lowest BCUT2D eigenvalue weighted by Crippen LogP contribution is -2.49. The molecule has 5 heteroatoms. The molecule has 1 aromatic rings. The molecule has 1 aromatic carbocycles. The number of hydrogen-bond donors (Lipinski definition) is 3. The Labute approximate surface area is 119 Å². The number of carbonyl (C=O) groups is 2. The summed E-state index contributed by atoms with van der Waals surface area (Å²) in [5.74, 6) is -1.70. The Morgan fingerprint density at radius 1 is 1.25 bits per heavy atom. The predicted molar refractivity (Wildman–Crippen MR) is 77.7 cm³/mol. The SMILES string of the molecule is CCC(C)(C)NC(=O)NCC(C(=O)O)c1ccccc1. The molecule has 3 N–H and O–H groups in total. The highest BCUT2D eigenvalue weighted by atomic mass is 16.4. The van der Waals surface area contributed by atoms with Gasteiger partial charge in [0.25, 0.3) is 0 Å². The van der Waals surface area contributed by atoms with Gasteiger partial charge in [0, 0.05) is 12.1 Å². The second-order valence-corrected chi connectivity index (χ2v) is 5.37. The molecule has 0 spiro atoms. The van der Waals surface area contributed by atoms with Crippen LogP contribution in [-0.2, 0) is 4.79 Å². The quantitative estimate of drug-likeness (QED) is 0.747. The maximum atomic E-state index is 11.8. The molecule has 0 saturated carbocycles. The third-order valence-corrected chi connectivity index (χ3v) is 3.30. The zero-order chi connectivity index (χ0) is 15.2. The molecular formula is C15H22N2O3. The number of benzene rings is 1. The van der Waals surface area contributed by atoms with Gasteiger partial charge >= 0.3 is 12.0 Å². The van der Waals surface area contributed by atoms with Gasteiger partial charge in [-0.2, -0.15) is 0 Å². The number of nitrogens with one attached hydrogen (secondary N) is 2. The summed E-state index contributed by atoms with van der Waals surface area (Å²) in [4.78, 5) is 23.0. The van der Waals surface area contributed by atoms with E-state index >= 15 is 0 Å². The fourth-order valence-electron chi connectivity index (χ4n) is 1.67. The van der Waals surface area contributed by atoms with E-state index in [1.807, 2.05) is 26.8 Å². The van der Waals surface area contributed by atoms with Gasteiger partial charge in [0.15, 0.2) is 0 Å². The first-order valence-electron chi connectivity index (χ1n) is 6.69. The summed E-state index contributed by atoms with van der Waals surface area (Å²) in [6.07, 6.45) is 0.793. The van der Waals surface area contributed by atoms with Crippen molar-refractivity contribution in [3.63, 3.8) is 0 Å². The van der Waals surface area contributed by atoms with Gasteiger partial charge in [-0.05, 0) is 25.8 Å². The van der Waals surface area contributed by atoms with E-state index in [0.29, 0.717) is 5.56 Å². The van der Waals surface area contributed by atoms with Crippen LogP contribution in [0.2, 0.25) is 0 Å². The Morgan fingerprint density at radius 2 is 1.85 bits per heavy atom. The average molecular weight is 278 g/mol. The summed E-state index contributed by atoms with van der Waals surface area (Å²) in [5, 5.41) is 14.7. The average Bonchev–Trinajstić information content (AvgIpc) is 2.39. The van der Waals surface area contributed by atoms with Crippen LogP contribution in [-0.4, -0.2) is 29.2 Å². The Morgan fingerprint density at radius 3 is 2.35 bits per heavy atom. The molecule has 0 aliphatic heterocycles. The Bertz CT molecular complexity index is 457. The third-order valence-electron chi connectivity index (χ3n) is 3.30. The van der Waals surface area contributed by atoms with Crippen LogP contribution in [0.25, 0.3) is 0 Å². The van der Waals surface area contributed by atoms with Crippen molar-refractivity contribution in [1.29, 1.82) is 0 Å². The van der Waals surface area contributed by atoms with Crippen LogP contribution >= 0.6 is 0 Å². The van der Waals surface area contributed by atoms with Crippen molar-refractivity contribution in [2.45, 2.75) is 38.6 Å². The van der Waals surface area contributed by atoms with E-state index in [1.54, 1.807) is 24.3 Å². The van der Waals surface area contributed by atoms with Gasteiger partial charge in [-0.15, -0.1) is 0 Å². The molecule has 110 valence electrons. The zero-order valence-corrected chi connectivity index (χ0v) is 12.1. The van der Waals surface area contributed by atoms with Gasteiger partial charge < -0.3 is 15.7 Å². The summed E-state index contributed by atoms with van der Waals surface area (Å²) in [5.41, 5.74) is 0.366. The fraction of sp³-hybridized carbons (Fsp3) is 0.467. The fourth-order valence-corrected chi connectivity index (χ4v) is 1.67. The van der Waals surface area contributed by atoms with Gasteiger partial charge in [-0.25, -0.2) is 4.79 Å². The van der Waals surface area contributed by atoms with Crippen LogP contribution in [0.1, 0.15) is 38.7 Å². The topological polar surface area (TPSA) is 78.4 Å². The van der Waals surface area contributed by atoms with Crippen LogP contribution in [0.3, 0.4) is 0 Å². The number of carboxylic acids is 1. The Kier molecular flexibility index (Phi) is 5.55. The summed E-state index contributed by atoms with van der Waals surface area (Å²) in [6.45, 7) is 5.87. The number of rotatable bonds is 6. The van der Waals surface area contributed by atoms with E-state index in [4.69, 9.17) is 0 Å². The minimum absolute atomic E-state index is 0.0605. The van der Waals surface area contributed by atoms with Crippen molar-refractivity contribution in [3.8, 4) is 0 Å². The first-order chi connectivity index (χ1) is 9.35. The predicted octanol–water partition coefficient (Wildman–Crippen LogP) is 2.34. The van der Waals surface area contributed by atoms with Gasteiger partial charge in [-0.3, -0.25) is 4.79 Å². The van der Waals surface area contributed by atoms with Crippen LogP contribution < -0.4 is 10.6 Å². The molecule has 0 aliphatic carbocycles. The lowest BCUT2D eigenvalue weighted by atomic mass is 9.99. The first kappa shape index (κ1) is 16.0. The van der Waals surface area contributed by atoms with Crippen molar-refractivity contribution in [2.24, 2.45) is 0 Å². The van der Waals surface area contributed by atoms with Crippen molar-refractivity contribution in [2.75, 3.05) is 6.54 Å². The molecule has 0 aliphatic rings. The van der Waals surface area contributed by atoms with Gasteiger partial charge in [0.2, 0.25) is 0 Å². The highest BCUT2D eigenvalue weighted by molar-refractivity contribution is 5.79. The third kappa shape index (κ3) is 4.91. The lowest BCUT2D eigenvalue weighted by Gasteiger charge is -2.25. The molecule has 1 rings (SSSR count). The van der Waals surface area contributed by atoms with Crippen molar-refractivity contribution >= 4 is 12.0 Å². The van der Waals surface area contributed by atoms with E-state index < -0.39 is 11.9 Å². The second-order valence-electron chi connectivity index (χ2n) is 5.37. The van der Waals surface area contributed by atoms with Gasteiger partial charge in [-0.1, -0.05) is 37.3 Å². The number of carbonyl (C=O) groups excluding carboxylic acids is 1. The van der Waals surface area contributed by atoms with E-state index in [1.165, 1.54) is 0 Å². The summed E-state index contributed by atoms with van der Waals surface area (Å²) in [7, 11) is 0. The summed E-state index contributed by atoms with van der Waals surface area (Å²) >= 11 is 0. The standard InChI is InChI=1S/C15H22N2O3/c1-4-15(2,3)17-14(20)16-10-12(13(18)19)11-8-6-5-7-9-11/h5-9,12H,4,10H2,1-3H3,(H,18,19)(H2,16,17,20). The molecule has 0 radical (unpaired) electrons. The second kappa shape index (κ2) is 6.93. The van der Waals surface area contributed by atoms with Crippen LogP contribution in [0.4, 0.5) is 4.79 Å². The molecule has 0 aromatic heterocycles. The van der Waals surface area contributed by atoms with Crippen LogP contribution in [0, 0.1) is 0 Å². The highest BCUT2D eigenvalue weighted by Gasteiger charge is 2.22.